The number of ether oxygens (including phenoxy) is 1. The zero-order chi connectivity index (χ0) is 13.7. The smallest absolute Gasteiger partial charge is 0.0713 e. The molecule has 0 aliphatic heterocycles. The average molecular weight is 319 g/mol. The van der Waals surface area contributed by atoms with Gasteiger partial charge in [0.25, 0.3) is 0 Å². The third kappa shape index (κ3) is 3.54. The van der Waals surface area contributed by atoms with Gasteiger partial charge < -0.3 is 4.74 Å². The highest BCUT2D eigenvalue weighted by Crippen LogP contribution is 2.31. The first kappa shape index (κ1) is 15.6. The summed E-state index contributed by atoms with van der Waals surface area (Å²) in [5.41, 5.74) is 3.99. The van der Waals surface area contributed by atoms with E-state index in [1.165, 1.54) is 0 Å². The van der Waals surface area contributed by atoms with Crippen molar-refractivity contribution in [3.05, 3.63) is 16.4 Å². The lowest BCUT2D eigenvalue weighted by Gasteiger charge is -2.27. The largest absolute Gasteiger partial charge is 0.383 e. The minimum absolute atomic E-state index is 0.0683. The van der Waals surface area contributed by atoms with Gasteiger partial charge in [-0.05, 0) is 27.8 Å². The summed E-state index contributed by atoms with van der Waals surface area (Å²) < 4.78 is 8.03. The second-order valence-electron chi connectivity index (χ2n) is 4.84. The monoisotopic (exact) mass is 318 g/mol. The van der Waals surface area contributed by atoms with E-state index in [2.05, 4.69) is 47.2 Å². The average Bonchev–Trinajstić information content (AvgIpc) is 2.69. The van der Waals surface area contributed by atoms with Gasteiger partial charge in [-0.2, -0.15) is 5.10 Å². The Balaban J connectivity index is 3.00. The molecule has 18 heavy (non-hydrogen) atoms. The van der Waals surface area contributed by atoms with Crippen LogP contribution in [0.1, 0.15) is 32.5 Å². The van der Waals surface area contributed by atoms with Crippen molar-refractivity contribution in [2.75, 3.05) is 13.7 Å². The molecule has 0 spiro atoms. The van der Waals surface area contributed by atoms with Crippen LogP contribution in [-0.4, -0.2) is 23.5 Å². The number of hydrogen-bond acceptors (Lipinski definition) is 4. The van der Waals surface area contributed by atoms with Crippen LogP contribution in [-0.2, 0) is 11.3 Å². The van der Waals surface area contributed by atoms with Crippen LogP contribution in [0.25, 0.3) is 0 Å². The van der Waals surface area contributed by atoms with E-state index in [-0.39, 0.29) is 6.04 Å². The standard InChI is InChI=1S/C12H23BrN4O/c1-8(2)9(3)11(16-14)12-10(13)7-15-17(12)5-6-18-4/h7-9,11,16H,5-6,14H2,1-4H3. The molecule has 0 amide bonds. The van der Waals surface area contributed by atoms with E-state index in [9.17, 15) is 0 Å². The zero-order valence-corrected chi connectivity index (χ0v) is 13.1. The minimum Gasteiger partial charge on any atom is -0.383 e. The molecule has 0 fully saturated rings. The Labute approximate surface area is 117 Å². The Morgan fingerprint density at radius 3 is 2.67 bits per heavy atom. The Kier molecular flexibility index (Phi) is 6.28. The molecule has 0 aliphatic carbocycles. The molecule has 1 aromatic heterocycles. The van der Waals surface area contributed by atoms with Crippen molar-refractivity contribution in [3.63, 3.8) is 0 Å². The van der Waals surface area contributed by atoms with Crippen molar-refractivity contribution < 1.29 is 4.74 Å². The van der Waals surface area contributed by atoms with Gasteiger partial charge in [0, 0.05) is 7.11 Å². The molecular formula is C12H23BrN4O. The third-order valence-corrected chi connectivity index (χ3v) is 4.00. The van der Waals surface area contributed by atoms with Gasteiger partial charge in [0.2, 0.25) is 0 Å². The summed E-state index contributed by atoms with van der Waals surface area (Å²) in [4.78, 5) is 0. The first-order valence-corrected chi connectivity index (χ1v) is 6.98. The van der Waals surface area contributed by atoms with Gasteiger partial charge in [0.1, 0.15) is 0 Å². The second kappa shape index (κ2) is 7.23. The molecule has 0 saturated heterocycles. The van der Waals surface area contributed by atoms with Crippen LogP contribution in [0.4, 0.5) is 0 Å². The van der Waals surface area contributed by atoms with Crippen molar-refractivity contribution in [2.24, 2.45) is 17.7 Å². The van der Waals surface area contributed by atoms with E-state index in [0.29, 0.717) is 18.4 Å². The lowest BCUT2D eigenvalue weighted by atomic mass is 9.89. The van der Waals surface area contributed by atoms with Gasteiger partial charge in [-0.3, -0.25) is 16.0 Å². The van der Waals surface area contributed by atoms with Crippen molar-refractivity contribution in [1.82, 2.24) is 15.2 Å². The fraction of sp³-hybridized carbons (Fsp3) is 0.750. The summed E-state index contributed by atoms with van der Waals surface area (Å²) in [5, 5.41) is 4.36. The molecule has 104 valence electrons. The fourth-order valence-electron chi connectivity index (χ4n) is 1.90. The van der Waals surface area contributed by atoms with Crippen molar-refractivity contribution in [1.29, 1.82) is 0 Å². The van der Waals surface area contributed by atoms with Crippen LogP contribution < -0.4 is 11.3 Å². The topological polar surface area (TPSA) is 65.1 Å². The molecule has 2 atom stereocenters. The van der Waals surface area contributed by atoms with E-state index >= 15 is 0 Å². The number of methoxy groups -OCH3 is 1. The summed E-state index contributed by atoms with van der Waals surface area (Å²) >= 11 is 3.55. The van der Waals surface area contributed by atoms with Crippen LogP contribution in [0.3, 0.4) is 0 Å². The molecule has 0 aliphatic rings. The van der Waals surface area contributed by atoms with Gasteiger partial charge in [0.15, 0.2) is 0 Å². The summed E-state index contributed by atoms with van der Waals surface area (Å²) in [6.45, 7) is 7.93. The van der Waals surface area contributed by atoms with Crippen LogP contribution >= 0.6 is 15.9 Å². The molecule has 5 nitrogen and oxygen atoms in total. The maximum atomic E-state index is 5.73. The maximum Gasteiger partial charge on any atom is 0.0713 e. The van der Waals surface area contributed by atoms with Gasteiger partial charge in [-0.25, -0.2) is 0 Å². The minimum atomic E-state index is 0.0683. The Hall–Kier alpha value is -0.430. The first-order valence-electron chi connectivity index (χ1n) is 6.19. The van der Waals surface area contributed by atoms with E-state index in [1.54, 1.807) is 7.11 Å². The maximum absolute atomic E-state index is 5.73. The van der Waals surface area contributed by atoms with Crippen molar-refractivity contribution >= 4 is 15.9 Å². The van der Waals surface area contributed by atoms with Gasteiger partial charge in [-0.15, -0.1) is 0 Å². The molecule has 1 aromatic rings. The number of aromatic nitrogens is 2. The molecule has 3 N–H and O–H groups in total. The van der Waals surface area contributed by atoms with Crippen molar-refractivity contribution in [2.45, 2.75) is 33.4 Å². The Morgan fingerprint density at radius 2 is 2.17 bits per heavy atom. The second-order valence-corrected chi connectivity index (χ2v) is 5.70. The molecule has 0 radical (unpaired) electrons. The molecule has 1 heterocycles. The number of nitrogens with zero attached hydrogens (tertiary/aromatic N) is 2. The quantitative estimate of drug-likeness (QED) is 0.597. The number of nitrogens with one attached hydrogen (secondary N) is 1. The predicted octanol–water partition coefficient (Wildman–Crippen LogP) is 2.09. The molecule has 1 rings (SSSR count). The summed E-state index contributed by atoms with van der Waals surface area (Å²) in [5.74, 6) is 6.66. The normalized spacial score (nSPS) is 15.1. The highest BCUT2D eigenvalue weighted by atomic mass is 79.9. The predicted molar refractivity (Wildman–Crippen MR) is 75.9 cm³/mol. The van der Waals surface area contributed by atoms with Gasteiger partial charge in [0.05, 0.1) is 35.6 Å². The van der Waals surface area contributed by atoms with Crippen molar-refractivity contribution in [3.8, 4) is 0 Å². The summed E-state index contributed by atoms with van der Waals surface area (Å²) in [7, 11) is 1.69. The lowest BCUT2D eigenvalue weighted by Crippen LogP contribution is -2.36. The van der Waals surface area contributed by atoms with Gasteiger partial charge in [-0.1, -0.05) is 20.8 Å². The summed E-state index contributed by atoms with van der Waals surface area (Å²) in [6.07, 6.45) is 1.81. The Morgan fingerprint density at radius 1 is 1.50 bits per heavy atom. The van der Waals surface area contributed by atoms with Crippen LogP contribution in [0, 0.1) is 11.8 Å². The van der Waals surface area contributed by atoms with Crippen LogP contribution in [0.2, 0.25) is 0 Å². The van der Waals surface area contributed by atoms with Crippen LogP contribution in [0.5, 0.6) is 0 Å². The zero-order valence-electron chi connectivity index (χ0n) is 11.5. The lowest BCUT2D eigenvalue weighted by molar-refractivity contribution is 0.179. The summed E-state index contributed by atoms with van der Waals surface area (Å²) in [6, 6.07) is 0.0683. The highest BCUT2D eigenvalue weighted by molar-refractivity contribution is 9.10. The van der Waals surface area contributed by atoms with Crippen LogP contribution in [0.15, 0.2) is 10.7 Å². The number of hydrazine groups is 1. The SMILES string of the molecule is COCCn1ncc(Br)c1C(NN)C(C)C(C)C. The molecule has 2 unspecified atom stereocenters. The van der Waals surface area contributed by atoms with E-state index in [0.717, 1.165) is 16.7 Å². The number of hydrogen-bond donors (Lipinski definition) is 2. The molecule has 6 heteroatoms. The number of nitrogens with two attached hydrogens (primary N) is 1. The highest BCUT2D eigenvalue weighted by Gasteiger charge is 2.26. The van der Waals surface area contributed by atoms with E-state index in [1.807, 2.05) is 10.9 Å². The van der Waals surface area contributed by atoms with E-state index < -0.39 is 0 Å². The molecular weight excluding hydrogens is 296 g/mol. The number of rotatable bonds is 7. The molecule has 0 saturated carbocycles. The van der Waals surface area contributed by atoms with E-state index in [4.69, 9.17) is 10.6 Å². The Bertz CT molecular complexity index is 367. The molecule has 0 bridgehead atoms. The third-order valence-electron chi connectivity index (χ3n) is 3.39. The first-order chi connectivity index (χ1) is 8.52. The fourth-order valence-corrected chi connectivity index (χ4v) is 2.44. The number of halogens is 1. The van der Waals surface area contributed by atoms with Gasteiger partial charge >= 0.3 is 0 Å². The molecule has 0 aromatic carbocycles.